The van der Waals surface area contributed by atoms with Gasteiger partial charge in [-0.05, 0) is 30.7 Å². The summed E-state index contributed by atoms with van der Waals surface area (Å²) in [5, 5.41) is 0.506. The summed E-state index contributed by atoms with van der Waals surface area (Å²) in [6.07, 6.45) is 1.95. The van der Waals surface area contributed by atoms with E-state index in [0.29, 0.717) is 22.0 Å². The van der Waals surface area contributed by atoms with Gasteiger partial charge in [-0.25, -0.2) is 4.79 Å². The van der Waals surface area contributed by atoms with Gasteiger partial charge < -0.3 is 9.64 Å². The highest BCUT2D eigenvalue weighted by molar-refractivity contribution is 8.00. The lowest BCUT2D eigenvalue weighted by atomic mass is 10.1. The van der Waals surface area contributed by atoms with Crippen molar-refractivity contribution >= 4 is 46.9 Å². The van der Waals surface area contributed by atoms with Crippen LogP contribution < -0.4 is 4.90 Å². The fraction of sp³-hybridized carbons (Fsp3) is 0.381. The zero-order chi connectivity index (χ0) is 21.5. The number of amides is 1. The van der Waals surface area contributed by atoms with Crippen LogP contribution in [0.15, 0.2) is 43.5 Å². The van der Waals surface area contributed by atoms with Crippen molar-refractivity contribution < 1.29 is 19.1 Å². The molecule has 1 amide bonds. The molecule has 0 N–H and O–H groups in total. The van der Waals surface area contributed by atoms with Crippen LogP contribution in [0.2, 0.25) is 5.02 Å². The Morgan fingerprint density at radius 3 is 2.43 bits per heavy atom. The molecule has 1 unspecified atom stereocenters. The van der Waals surface area contributed by atoms with Crippen LogP contribution in [0.25, 0.3) is 0 Å². The Morgan fingerprint density at radius 1 is 1.25 bits per heavy atom. The number of carbonyl (C=O) groups is 3. The van der Waals surface area contributed by atoms with Gasteiger partial charge in [0.1, 0.15) is 0 Å². The van der Waals surface area contributed by atoms with Crippen LogP contribution in [0.4, 0.5) is 5.69 Å². The summed E-state index contributed by atoms with van der Waals surface area (Å²) in [5.74, 6) is -1.47. The summed E-state index contributed by atoms with van der Waals surface area (Å²) in [5.41, 5.74) is 1.29. The van der Waals surface area contributed by atoms with E-state index in [1.54, 1.807) is 36.9 Å². The molecule has 0 aromatic heterocycles. The zero-order valence-corrected chi connectivity index (χ0v) is 18.2. The van der Waals surface area contributed by atoms with Crippen molar-refractivity contribution in [3.63, 3.8) is 0 Å². The molecular formula is C21H26ClNO4S. The van der Waals surface area contributed by atoms with Gasteiger partial charge in [0.25, 0.3) is 5.91 Å². The number of nitrogens with zero attached hydrogens (tertiary/aromatic N) is 1. The molecule has 1 aromatic rings. The van der Waals surface area contributed by atoms with E-state index < -0.39 is 18.0 Å². The minimum Gasteiger partial charge on any atom is -0.390 e. The molecule has 1 rings (SSSR count). The average Bonchev–Trinajstić information content (AvgIpc) is 2.61. The lowest BCUT2D eigenvalue weighted by Gasteiger charge is -2.33. The first-order chi connectivity index (χ1) is 13.0. The Labute approximate surface area is 175 Å². The molecule has 1 atom stereocenters. The molecule has 152 valence electrons. The normalized spacial score (nSPS) is 12.0. The van der Waals surface area contributed by atoms with Crippen molar-refractivity contribution in [3.05, 3.63) is 54.1 Å². The number of rotatable bonds is 8. The van der Waals surface area contributed by atoms with Crippen LogP contribution in [0.3, 0.4) is 0 Å². The van der Waals surface area contributed by atoms with E-state index in [2.05, 4.69) is 13.2 Å². The van der Waals surface area contributed by atoms with Gasteiger partial charge in [-0.2, -0.15) is 11.8 Å². The van der Waals surface area contributed by atoms with Crippen LogP contribution in [0.5, 0.6) is 0 Å². The lowest BCUT2D eigenvalue weighted by Crippen LogP contribution is -2.44. The van der Waals surface area contributed by atoms with Crippen LogP contribution in [0.1, 0.15) is 32.8 Å². The van der Waals surface area contributed by atoms with Crippen molar-refractivity contribution in [2.24, 2.45) is 0 Å². The van der Waals surface area contributed by atoms with E-state index in [0.717, 1.165) is 6.08 Å². The summed E-state index contributed by atoms with van der Waals surface area (Å²) in [6.45, 7) is 14.8. The van der Waals surface area contributed by atoms with Gasteiger partial charge in [0.05, 0.1) is 12.5 Å². The van der Waals surface area contributed by atoms with Crippen molar-refractivity contribution in [1.29, 1.82) is 0 Å². The van der Waals surface area contributed by atoms with Gasteiger partial charge >= 0.3 is 11.9 Å². The van der Waals surface area contributed by atoms with E-state index in [-0.39, 0.29) is 17.1 Å². The third-order valence-electron chi connectivity index (χ3n) is 3.77. The number of anilines is 1. The van der Waals surface area contributed by atoms with E-state index >= 15 is 0 Å². The van der Waals surface area contributed by atoms with E-state index in [4.69, 9.17) is 16.3 Å². The second kappa shape index (κ2) is 10.5. The first kappa shape index (κ1) is 24.0. The standard InChI is InChI=1S/C21H26ClNO4S/c1-7-18(24)23(17-11-9-10-16(22)14(17)3)15(13-28-21(4,5)6)12-20(26)27-19(25)8-2/h7-11,15H,1-2,12-13H2,3-6H3. The SMILES string of the molecule is C=CC(=O)OC(=O)CC(CSC(C)(C)C)N(C(=O)C=C)c1cccc(Cl)c1C. The summed E-state index contributed by atoms with van der Waals surface area (Å²) in [6, 6.07) is 4.67. The van der Waals surface area contributed by atoms with Gasteiger partial charge in [0, 0.05) is 27.3 Å². The molecule has 0 saturated carbocycles. The average molecular weight is 424 g/mol. The van der Waals surface area contributed by atoms with E-state index in [1.807, 2.05) is 20.8 Å². The molecule has 0 fully saturated rings. The molecule has 7 heteroatoms. The summed E-state index contributed by atoms with van der Waals surface area (Å²) < 4.78 is 4.63. The number of ether oxygens (including phenoxy) is 1. The Hall–Kier alpha value is -2.05. The third kappa shape index (κ3) is 7.17. The number of hydrogen-bond donors (Lipinski definition) is 0. The van der Waals surface area contributed by atoms with Crippen molar-refractivity contribution in [1.82, 2.24) is 0 Å². The highest BCUT2D eigenvalue weighted by atomic mass is 35.5. The van der Waals surface area contributed by atoms with Crippen LogP contribution >= 0.6 is 23.4 Å². The molecular weight excluding hydrogens is 398 g/mol. The fourth-order valence-corrected chi connectivity index (χ4v) is 3.54. The monoisotopic (exact) mass is 423 g/mol. The fourth-order valence-electron chi connectivity index (χ4n) is 2.41. The predicted molar refractivity (Wildman–Crippen MR) is 116 cm³/mol. The second-order valence-corrected chi connectivity index (χ2v) is 9.33. The maximum Gasteiger partial charge on any atom is 0.337 e. The summed E-state index contributed by atoms with van der Waals surface area (Å²) >= 11 is 7.83. The van der Waals surface area contributed by atoms with Crippen molar-refractivity contribution in [2.75, 3.05) is 10.7 Å². The zero-order valence-electron chi connectivity index (χ0n) is 16.7. The Morgan fingerprint density at radius 2 is 1.89 bits per heavy atom. The number of esters is 2. The highest BCUT2D eigenvalue weighted by Gasteiger charge is 2.30. The minimum absolute atomic E-state index is 0.0919. The number of benzene rings is 1. The van der Waals surface area contributed by atoms with Gasteiger partial charge in [-0.15, -0.1) is 0 Å². The number of thioether (sulfide) groups is 1. The molecule has 0 aliphatic rings. The molecule has 5 nitrogen and oxygen atoms in total. The maximum absolute atomic E-state index is 12.7. The molecule has 0 bridgehead atoms. The third-order valence-corrected chi connectivity index (χ3v) is 5.59. The molecule has 28 heavy (non-hydrogen) atoms. The molecule has 0 saturated heterocycles. The van der Waals surface area contributed by atoms with Crippen molar-refractivity contribution in [2.45, 2.75) is 44.9 Å². The molecule has 0 spiro atoms. The molecule has 0 aliphatic carbocycles. The largest absolute Gasteiger partial charge is 0.390 e. The van der Waals surface area contributed by atoms with Gasteiger partial charge in [-0.1, -0.05) is 51.6 Å². The molecule has 0 radical (unpaired) electrons. The van der Waals surface area contributed by atoms with Crippen LogP contribution in [0, 0.1) is 6.92 Å². The number of hydrogen-bond acceptors (Lipinski definition) is 5. The molecule has 0 heterocycles. The first-order valence-electron chi connectivity index (χ1n) is 8.72. The molecule has 1 aromatic carbocycles. The quantitative estimate of drug-likeness (QED) is 0.344. The topological polar surface area (TPSA) is 63.7 Å². The van der Waals surface area contributed by atoms with Crippen LogP contribution in [-0.4, -0.2) is 34.4 Å². The van der Waals surface area contributed by atoms with Gasteiger partial charge in [0.15, 0.2) is 0 Å². The summed E-state index contributed by atoms with van der Waals surface area (Å²) in [7, 11) is 0. The Kier molecular flexibility index (Phi) is 8.98. The Bertz CT molecular complexity index is 770. The highest BCUT2D eigenvalue weighted by Crippen LogP contribution is 2.32. The smallest absolute Gasteiger partial charge is 0.337 e. The minimum atomic E-state index is -0.826. The van der Waals surface area contributed by atoms with Gasteiger partial charge in [-0.3, -0.25) is 9.59 Å². The summed E-state index contributed by atoms with van der Waals surface area (Å²) in [4.78, 5) is 37.8. The number of carbonyl (C=O) groups excluding carboxylic acids is 3. The Balaban J connectivity index is 3.32. The van der Waals surface area contributed by atoms with E-state index in [1.165, 1.54) is 11.0 Å². The maximum atomic E-state index is 12.7. The van der Waals surface area contributed by atoms with E-state index in [9.17, 15) is 14.4 Å². The van der Waals surface area contributed by atoms with Crippen molar-refractivity contribution in [3.8, 4) is 0 Å². The predicted octanol–water partition coefficient (Wildman–Crippen LogP) is 4.71. The number of halogens is 1. The van der Waals surface area contributed by atoms with Gasteiger partial charge in [0.2, 0.25) is 0 Å². The first-order valence-corrected chi connectivity index (χ1v) is 10.1. The second-order valence-electron chi connectivity index (χ2n) is 7.07. The molecule has 0 aliphatic heterocycles. The lowest BCUT2D eigenvalue weighted by molar-refractivity contribution is -0.156. The van der Waals surface area contributed by atoms with Crippen LogP contribution in [-0.2, 0) is 19.1 Å².